The van der Waals surface area contributed by atoms with Crippen LogP contribution in [0.5, 0.6) is 5.88 Å². The second kappa shape index (κ2) is 6.96. The van der Waals surface area contributed by atoms with Gasteiger partial charge in [-0.3, -0.25) is 0 Å². The van der Waals surface area contributed by atoms with E-state index in [2.05, 4.69) is 10.3 Å². The van der Waals surface area contributed by atoms with Gasteiger partial charge in [-0.1, -0.05) is 0 Å². The number of aromatic nitrogens is 1. The number of anilines is 2. The van der Waals surface area contributed by atoms with Crippen LogP contribution >= 0.6 is 0 Å². The van der Waals surface area contributed by atoms with Crippen LogP contribution in [0.1, 0.15) is 20.8 Å². The smallest absolute Gasteiger partial charge is 0.239 e. The Labute approximate surface area is 102 Å². The molecule has 5 nitrogen and oxygen atoms in total. The number of rotatable bonds is 7. The molecule has 1 atom stereocenters. The molecule has 1 heterocycles. The summed E-state index contributed by atoms with van der Waals surface area (Å²) < 4.78 is 10.7. The predicted octanol–water partition coefficient (Wildman–Crippen LogP) is 1.90. The zero-order valence-electron chi connectivity index (χ0n) is 10.7. The maximum Gasteiger partial charge on any atom is 0.239 e. The number of nitrogens with zero attached hydrogens (tertiary/aromatic N) is 1. The van der Waals surface area contributed by atoms with E-state index in [0.717, 1.165) is 5.82 Å². The van der Waals surface area contributed by atoms with Crippen LogP contribution in [0.3, 0.4) is 0 Å². The summed E-state index contributed by atoms with van der Waals surface area (Å²) in [7, 11) is 0. The summed E-state index contributed by atoms with van der Waals surface area (Å²) in [5.74, 6) is 1.22. The Morgan fingerprint density at radius 1 is 1.35 bits per heavy atom. The molecule has 1 unspecified atom stereocenters. The molecule has 0 aliphatic heterocycles. The van der Waals surface area contributed by atoms with Gasteiger partial charge in [0.25, 0.3) is 0 Å². The molecular weight excluding hydrogens is 218 g/mol. The SMILES string of the molecule is CCOc1nc(NCC(C)OCC)ccc1N. The molecular formula is C12H21N3O2. The highest BCUT2D eigenvalue weighted by molar-refractivity contribution is 5.53. The first-order valence-electron chi connectivity index (χ1n) is 5.92. The van der Waals surface area contributed by atoms with Gasteiger partial charge in [-0.05, 0) is 32.9 Å². The van der Waals surface area contributed by atoms with E-state index in [1.807, 2.05) is 26.8 Å². The van der Waals surface area contributed by atoms with Crippen molar-refractivity contribution < 1.29 is 9.47 Å². The number of nitrogens with one attached hydrogen (secondary N) is 1. The summed E-state index contributed by atoms with van der Waals surface area (Å²) in [6.07, 6.45) is 0.148. The van der Waals surface area contributed by atoms with Gasteiger partial charge in [0.05, 0.1) is 18.4 Å². The summed E-state index contributed by atoms with van der Waals surface area (Å²) in [6, 6.07) is 3.61. The molecule has 0 saturated heterocycles. The first kappa shape index (κ1) is 13.6. The topological polar surface area (TPSA) is 69.4 Å². The van der Waals surface area contributed by atoms with Gasteiger partial charge in [0, 0.05) is 13.2 Å². The Morgan fingerprint density at radius 3 is 2.76 bits per heavy atom. The lowest BCUT2D eigenvalue weighted by molar-refractivity contribution is 0.0854. The van der Waals surface area contributed by atoms with E-state index < -0.39 is 0 Å². The zero-order valence-corrected chi connectivity index (χ0v) is 10.7. The number of pyridine rings is 1. The molecule has 0 aliphatic carbocycles. The van der Waals surface area contributed by atoms with Crippen LogP contribution in [-0.4, -0.2) is 30.8 Å². The van der Waals surface area contributed by atoms with Crippen molar-refractivity contribution in [3.8, 4) is 5.88 Å². The average molecular weight is 239 g/mol. The van der Waals surface area contributed by atoms with Crippen molar-refractivity contribution >= 4 is 11.5 Å². The lowest BCUT2D eigenvalue weighted by Crippen LogP contribution is -2.20. The third kappa shape index (κ3) is 4.48. The van der Waals surface area contributed by atoms with E-state index in [1.165, 1.54) is 0 Å². The van der Waals surface area contributed by atoms with Crippen molar-refractivity contribution in [3.63, 3.8) is 0 Å². The van der Waals surface area contributed by atoms with Gasteiger partial charge in [0.15, 0.2) is 0 Å². The summed E-state index contributed by atoms with van der Waals surface area (Å²) >= 11 is 0. The van der Waals surface area contributed by atoms with Crippen LogP contribution in [-0.2, 0) is 4.74 Å². The number of hydrogen-bond donors (Lipinski definition) is 2. The van der Waals surface area contributed by atoms with Crippen molar-refractivity contribution in [1.82, 2.24) is 4.98 Å². The summed E-state index contributed by atoms with van der Waals surface area (Å²) in [4.78, 5) is 4.28. The van der Waals surface area contributed by atoms with Crippen molar-refractivity contribution in [3.05, 3.63) is 12.1 Å². The number of nitrogen functional groups attached to an aromatic ring is 1. The molecule has 0 amide bonds. The first-order chi connectivity index (χ1) is 8.17. The monoisotopic (exact) mass is 239 g/mol. The fraction of sp³-hybridized carbons (Fsp3) is 0.583. The van der Waals surface area contributed by atoms with E-state index in [1.54, 1.807) is 6.07 Å². The van der Waals surface area contributed by atoms with Gasteiger partial charge in [-0.25, -0.2) is 0 Å². The van der Waals surface area contributed by atoms with Crippen molar-refractivity contribution in [2.75, 3.05) is 30.8 Å². The molecule has 0 bridgehead atoms. The summed E-state index contributed by atoms with van der Waals surface area (Å²) in [6.45, 7) is 7.86. The molecule has 0 radical (unpaired) electrons. The number of nitrogens with two attached hydrogens (primary N) is 1. The zero-order chi connectivity index (χ0) is 12.7. The Hall–Kier alpha value is -1.49. The minimum atomic E-state index is 0.148. The van der Waals surface area contributed by atoms with Crippen molar-refractivity contribution in [2.45, 2.75) is 26.9 Å². The van der Waals surface area contributed by atoms with E-state index in [0.29, 0.717) is 31.3 Å². The fourth-order valence-electron chi connectivity index (χ4n) is 1.39. The third-order valence-corrected chi connectivity index (χ3v) is 2.19. The highest BCUT2D eigenvalue weighted by Crippen LogP contribution is 2.20. The Balaban J connectivity index is 2.56. The molecule has 0 spiro atoms. The molecule has 0 fully saturated rings. The quantitative estimate of drug-likeness (QED) is 0.760. The second-order valence-corrected chi connectivity index (χ2v) is 3.67. The van der Waals surface area contributed by atoms with Crippen molar-refractivity contribution in [2.24, 2.45) is 0 Å². The van der Waals surface area contributed by atoms with Gasteiger partial charge in [-0.2, -0.15) is 4.98 Å². The largest absolute Gasteiger partial charge is 0.476 e. The summed E-state index contributed by atoms with van der Waals surface area (Å²) in [5.41, 5.74) is 6.29. The van der Waals surface area contributed by atoms with E-state index in [9.17, 15) is 0 Å². The Kier molecular flexibility index (Phi) is 5.56. The highest BCUT2D eigenvalue weighted by atomic mass is 16.5. The molecule has 0 saturated carbocycles. The lowest BCUT2D eigenvalue weighted by Gasteiger charge is -2.14. The molecule has 1 aromatic rings. The molecule has 5 heteroatoms. The second-order valence-electron chi connectivity index (χ2n) is 3.67. The van der Waals surface area contributed by atoms with Crippen LogP contribution in [0.15, 0.2) is 12.1 Å². The minimum Gasteiger partial charge on any atom is -0.476 e. The first-order valence-corrected chi connectivity index (χ1v) is 5.92. The van der Waals surface area contributed by atoms with Gasteiger partial charge in [-0.15, -0.1) is 0 Å². The Morgan fingerprint density at radius 2 is 2.12 bits per heavy atom. The molecule has 0 aromatic carbocycles. The van der Waals surface area contributed by atoms with Gasteiger partial charge < -0.3 is 20.5 Å². The lowest BCUT2D eigenvalue weighted by atomic mass is 10.3. The average Bonchev–Trinajstić information content (AvgIpc) is 2.31. The standard InChI is InChI=1S/C12H21N3O2/c1-4-16-9(3)8-14-11-7-6-10(13)12(15-11)17-5-2/h6-7,9H,4-5,8,13H2,1-3H3,(H,14,15). The van der Waals surface area contributed by atoms with Crippen LogP contribution in [0, 0.1) is 0 Å². The maximum absolute atomic E-state index is 5.74. The molecule has 0 aliphatic rings. The molecule has 96 valence electrons. The number of ether oxygens (including phenoxy) is 2. The predicted molar refractivity (Wildman–Crippen MR) is 69.4 cm³/mol. The van der Waals surface area contributed by atoms with Crippen molar-refractivity contribution in [1.29, 1.82) is 0 Å². The van der Waals surface area contributed by atoms with Gasteiger partial charge in [0.1, 0.15) is 5.82 Å². The van der Waals surface area contributed by atoms with Gasteiger partial charge in [0.2, 0.25) is 5.88 Å². The van der Waals surface area contributed by atoms with Gasteiger partial charge >= 0.3 is 0 Å². The van der Waals surface area contributed by atoms with Crippen LogP contribution in [0.4, 0.5) is 11.5 Å². The normalized spacial score (nSPS) is 12.2. The molecule has 3 N–H and O–H groups in total. The number of hydrogen-bond acceptors (Lipinski definition) is 5. The summed E-state index contributed by atoms with van der Waals surface area (Å²) in [5, 5.41) is 3.18. The van der Waals surface area contributed by atoms with E-state index >= 15 is 0 Å². The van der Waals surface area contributed by atoms with Crippen LogP contribution in [0.2, 0.25) is 0 Å². The fourth-order valence-corrected chi connectivity index (χ4v) is 1.39. The van der Waals surface area contributed by atoms with E-state index in [4.69, 9.17) is 15.2 Å². The van der Waals surface area contributed by atoms with E-state index in [-0.39, 0.29) is 6.10 Å². The molecule has 17 heavy (non-hydrogen) atoms. The minimum absolute atomic E-state index is 0.148. The third-order valence-electron chi connectivity index (χ3n) is 2.19. The van der Waals surface area contributed by atoms with Crippen LogP contribution < -0.4 is 15.8 Å². The van der Waals surface area contributed by atoms with Crippen LogP contribution in [0.25, 0.3) is 0 Å². The molecule has 1 aromatic heterocycles. The molecule has 1 rings (SSSR count). The highest BCUT2D eigenvalue weighted by Gasteiger charge is 2.05. The maximum atomic E-state index is 5.74. The Bertz CT molecular complexity index is 345.